The molecule has 1 aliphatic rings. The molecule has 1 aliphatic heterocycles. The molecular weight excluding hydrogens is 246 g/mol. The van der Waals surface area contributed by atoms with Gasteiger partial charge in [-0.2, -0.15) is 0 Å². The topological polar surface area (TPSA) is 29.5 Å². The molecule has 0 aliphatic carbocycles. The number of likely N-dealkylation sites (tertiary alicyclic amines) is 1. The van der Waals surface area contributed by atoms with Gasteiger partial charge in [-0.15, -0.1) is 11.8 Å². The quantitative estimate of drug-likeness (QED) is 0.787. The van der Waals surface area contributed by atoms with Crippen molar-refractivity contribution in [1.29, 1.82) is 0 Å². The molecule has 3 nitrogen and oxygen atoms in total. The van der Waals surface area contributed by atoms with Crippen molar-refractivity contribution in [3.8, 4) is 5.75 Å². The van der Waals surface area contributed by atoms with Crippen molar-refractivity contribution in [2.45, 2.75) is 24.2 Å². The van der Waals surface area contributed by atoms with Crippen molar-refractivity contribution >= 4 is 17.7 Å². The molecule has 0 bridgehead atoms. The third-order valence-corrected chi connectivity index (χ3v) is 4.01. The lowest BCUT2D eigenvalue weighted by molar-refractivity contribution is 0.0721. The Morgan fingerprint density at radius 1 is 1.28 bits per heavy atom. The number of carbonyl (C=O) groups excluding carboxylic acids is 1. The van der Waals surface area contributed by atoms with Gasteiger partial charge in [0, 0.05) is 18.0 Å². The summed E-state index contributed by atoms with van der Waals surface area (Å²) in [6.07, 6.45) is 5.46. The number of nitrogens with zero attached hydrogens (tertiary/aromatic N) is 1. The zero-order chi connectivity index (χ0) is 13.0. The van der Waals surface area contributed by atoms with E-state index in [0.717, 1.165) is 30.8 Å². The molecule has 1 fully saturated rings. The molecule has 2 rings (SSSR count). The fourth-order valence-corrected chi connectivity index (χ4v) is 2.67. The average molecular weight is 265 g/mol. The first kappa shape index (κ1) is 13.3. The van der Waals surface area contributed by atoms with Crippen LogP contribution in [0.15, 0.2) is 23.1 Å². The van der Waals surface area contributed by atoms with Crippen LogP contribution in [0.1, 0.15) is 29.6 Å². The summed E-state index contributed by atoms with van der Waals surface area (Å²) < 4.78 is 5.34. The zero-order valence-corrected chi connectivity index (χ0v) is 11.8. The van der Waals surface area contributed by atoms with Crippen LogP contribution >= 0.6 is 11.8 Å². The van der Waals surface area contributed by atoms with Crippen LogP contribution in [0.5, 0.6) is 5.75 Å². The number of hydrogen-bond donors (Lipinski definition) is 0. The van der Waals surface area contributed by atoms with Gasteiger partial charge >= 0.3 is 0 Å². The molecule has 0 saturated carbocycles. The first-order valence-corrected chi connectivity index (χ1v) is 7.50. The largest absolute Gasteiger partial charge is 0.496 e. The number of carbonyl (C=O) groups is 1. The van der Waals surface area contributed by atoms with Crippen LogP contribution < -0.4 is 4.74 Å². The molecule has 1 aromatic carbocycles. The third-order valence-electron chi connectivity index (χ3n) is 3.28. The summed E-state index contributed by atoms with van der Waals surface area (Å²) in [4.78, 5) is 15.5. The van der Waals surface area contributed by atoms with E-state index in [2.05, 4.69) is 0 Å². The minimum absolute atomic E-state index is 0.0965. The van der Waals surface area contributed by atoms with Crippen LogP contribution in [0, 0.1) is 0 Å². The van der Waals surface area contributed by atoms with Gasteiger partial charge in [-0.25, -0.2) is 0 Å². The second kappa shape index (κ2) is 6.14. The van der Waals surface area contributed by atoms with Crippen molar-refractivity contribution in [2.24, 2.45) is 0 Å². The molecule has 1 aromatic rings. The molecule has 98 valence electrons. The van der Waals surface area contributed by atoms with E-state index in [4.69, 9.17) is 4.74 Å². The summed E-state index contributed by atoms with van der Waals surface area (Å²) >= 11 is 1.65. The maximum atomic E-state index is 12.4. The summed E-state index contributed by atoms with van der Waals surface area (Å²) in [5.74, 6) is 0.775. The lowest BCUT2D eigenvalue weighted by atomic mass is 10.1. The summed E-state index contributed by atoms with van der Waals surface area (Å²) in [5, 5.41) is 0. The third kappa shape index (κ3) is 2.80. The lowest BCUT2D eigenvalue weighted by Gasteiger charge is -2.27. The minimum atomic E-state index is 0.0965. The summed E-state index contributed by atoms with van der Waals surface area (Å²) in [6.45, 7) is 1.73. The molecule has 18 heavy (non-hydrogen) atoms. The molecule has 0 atom stereocenters. The molecule has 0 aromatic heterocycles. The number of hydrogen-bond acceptors (Lipinski definition) is 3. The molecule has 0 N–H and O–H groups in total. The second-order valence-electron chi connectivity index (χ2n) is 4.42. The molecule has 0 spiro atoms. The van der Waals surface area contributed by atoms with Crippen LogP contribution in [-0.2, 0) is 0 Å². The summed E-state index contributed by atoms with van der Waals surface area (Å²) in [5.41, 5.74) is 0.678. The number of amides is 1. The Labute approximate surface area is 113 Å². The summed E-state index contributed by atoms with van der Waals surface area (Å²) in [6, 6.07) is 5.79. The van der Waals surface area contributed by atoms with Gasteiger partial charge < -0.3 is 9.64 Å². The Kier molecular flexibility index (Phi) is 4.53. The van der Waals surface area contributed by atoms with Crippen molar-refractivity contribution in [3.05, 3.63) is 23.8 Å². The highest BCUT2D eigenvalue weighted by atomic mass is 32.2. The normalized spacial score (nSPS) is 15.6. The highest BCUT2D eigenvalue weighted by Gasteiger charge is 2.21. The van der Waals surface area contributed by atoms with Crippen LogP contribution in [0.4, 0.5) is 0 Å². The smallest absolute Gasteiger partial charge is 0.257 e. The van der Waals surface area contributed by atoms with Crippen LogP contribution in [-0.4, -0.2) is 37.3 Å². The first-order chi connectivity index (χ1) is 8.76. The number of methoxy groups -OCH3 is 1. The van der Waals surface area contributed by atoms with E-state index in [-0.39, 0.29) is 5.91 Å². The number of benzene rings is 1. The van der Waals surface area contributed by atoms with E-state index in [0.29, 0.717) is 11.3 Å². The van der Waals surface area contributed by atoms with Crippen molar-refractivity contribution in [2.75, 3.05) is 26.5 Å². The molecule has 0 radical (unpaired) electrons. The van der Waals surface area contributed by atoms with Crippen molar-refractivity contribution < 1.29 is 9.53 Å². The Morgan fingerprint density at radius 3 is 2.61 bits per heavy atom. The molecule has 0 unspecified atom stereocenters. The number of rotatable bonds is 3. The maximum absolute atomic E-state index is 12.4. The second-order valence-corrected chi connectivity index (χ2v) is 5.30. The number of ether oxygens (including phenoxy) is 1. The standard InChI is InChI=1S/C14H19NO2S/c1-17-13-10-11(18-2)6-7-12(13)14(16)15-8-4-3-5-9-15/h6-7,10H,3-5,8-9H2,1-2H3. The highest BCUT2D eigenvalue weighted by molar-refractivity contribution is 7.98. The molecule has 4 heteroatoms. The van der Waals surface area contributed by atoms with Crippen molar-refractivity contribution in [3.63, 3.8) is 0 Å². The Balaban J connectivity index is 2.23. The monoisotopic (exact) mass is 265 g/mol. The molecular formula is C14H19NO2S. The Morgan fingerprint density at radius 2 is 2.00 bits per heavy atom. The minimum Gasteiger partial charge on any atom is -0.496 e. The number of thioether (sulfide) groups is 1. The van der Waals surface area contributed by atoms with E-state index in [9.17, 15) is 4.79 Å². The predicted octanol–water partition coefficient (Wildman–Crippen LogP) is 3.04. The zero-order valence-electron chi connectivity index (χ0n) is 10.9. The van der Waals surface area contributed by atoms with Gasteiger partial charge in [-0.3, -0.25) is 4.79 Å². The van der Waals surface area contributed by atoms with Gasteiger partial charge in [0.15, 0.2) is 0 Å². The fraction of sp³-hybridized carbons (Fsp3) is 0.500. The van der Waals surface area contributed by atoms with Gasteiger partial charge in [0.05, 0.1) is 12.7 Å². The highest BCUT2D eigenvalue weighted by Crippen LogP contribution is 2.27. The molecule has 1 amide bonds. The van der Waals surface area contributed by atoms with Crippen LogP contribution in [0.3, 0.4) is 0 Å². The van der Waals surface area contributed by atoms with Crippen molar-refractivity contribution in [1.82, 2.24) is 4.90 Å². The maximum Gasteiger partial charge on any atom is 0.257 e. The number of piperidine rings is 1. The lowest BCUT2D eigenvalue weighted by Crippen LogP contribution is -2.35. The van der Waals surface area contributed by atoms with Gasteiger partial charge in [0.1, 0.15) is 5.75 Å². The Hall–Kier alpha value is -1.16. The van der Waals surface area contributed by atoms with Gasteiger partial charge in [0.2, 0.25) is 0 Å². The van der Waals surface area contributed by atoms with E-state index in [1.807, 2.05) is 29.4 Å². The van der Waals surface area contributed by atoms with Crippen LogP contribution in [0.2, 0.25) is 0 Å². The molecule has 1 heterocycles. The Bertz CT molecular complexity index is 428. The van der Waals surface area contributed by atoms with E-state index in [1.54, 1.807) is 18.9 Å². The van der Waals surface area contributed by atoms with E-state index < -0.39 is 0 Å². The fourth-order valence-electron chi connectivity index (χ4n) is 2.24. The SMILES string of the molecule is COc1cc(SC)ccc1C(=O)N1CCCCC1. The van der Waals surface area contributed by atoms with Gasteiger partial charge in [0.25, 0.3) is 5.91 Å². The van der Waals surface area contributed by atoms with Gasteiger partial charge in [-0.1, -0.05) is 0 Å². The first-order valence-electron chi connectivity index (χ1n) is 6.27. The van der Waals surface area contributed by atoms with E-state index >= 15 is 0 Å². The van der Waals surface area contributed by atoms with E-state index in [1.165, 1.54) is 6.42 Å². The van der Waals surface area contributed by atoms with Gasteiger partial charge in [-0.05, 0) is 43.7 Å². The molecule has 1 saturated heterocycles. The van der Waals surface area contributed by atoms with Crippen LogP contribution in [0.25, 0.3) is 0 Å². The average Bonchev–Trinajstić information content (AvgIpc) is 2.46. The predicted molar refractivity (Wildman–Crippen MR) is 74.5 cm³/mol. The summed E-state index contributed by atoms with van der Waals surface area (Å²) in [7, 11) is 1.62.